The first kappa shape index (κ1) is 17.2. The van der Waals surface area contributed by atoms with Crippen molar-refractivity contribution in [1.29, 1.82) is 0 Å². The first-order valence-electron chi connectivity index (χ1n) is 8.06. The van der Waals surface area contributed by atoms with Gasteiger partial charge in [-0.3, -0.25) is 4.79 Å². The molecule has 0 unspecified atom stereocenters. The minimum Gasteiger partial charge on any atom is -0.361 e. The van der Waals surface area contributed by atoms with Crippen molar-refractivity contribution < 1.29 is 13.7 Å². The highest BCUT2D eigenvalue weighted by Crippen LogP contribution is 2.27. The molecule has 0 spiro atoms. The molecule has 0 aliphatic rings. The number of nitrogens with zero attached hydrogens (tertiary/aromatic N) is 4. The second-order valence-electron chi connectivity index (χ2n) is 5.87. The molecule has 0 saturated carbocycles. The van der Waals surface area contributed by atoms with Gasteiger partial charge in [-0.2, -0.15) is 4.98 Å². The molecule has 136 valence electrons. The van der Waals surface area contributed by atoms with Crippen LogP contribution < -0.4 is 5.73 Å². The van der Waals surface area contributed by atoms with E-state index >= 15 is 0 Å². The van der Waals surface area contributed by atoms with Gasteiger partial charge in [0.2, 0.25) is 0 Å². The lowest BCUT2D eigenvalue weighted by Crippen LogP contribution is -2.11. The van der Waals surface area contributed by atoms with Crippen molar-refractivity contribution in [2.75, 3.05) is 0 Å². The number of aromatic nitrogens is 4. The highest BCUT2D eigenvalue weighted by atomic mass is 35.5. The SMILES string of the molecule is NC(=O)c1nc(CCc2c(-c3ccc(Cl)cc3)nc3ccc(F)cn23)no1. The Morgan fingerprint density at radius 1 is 1.15 bits per heavy atom. The zero-order valence-corrected chi connectivity index (χ0v) is 14.7. The number of amides is 1. The number of hydrogen-bond acceptors (Lipinski definition) is 5. The predicted molar refractivity (Wildman–Crippen MR) is 95.8 cm³/mol. The molecule has 4 rings (SSSR count). The third kappa shape index (κ3) is 3.39. The van der Waals surface area contributed by atoms with Crippen LogP contribution in [-0.2, 0) is 12.8 Å². The van der Waals surface area contributed by atoms with E-state index in [1.807, 2.05) is 12.1 Å². The van der Waals surface area contributed by atoms with Crippen LogP contribution in [0.3, 0.4) is 0 Å². The topological polar surface area (TPSA) is 99.3 Å². The van der Waals surface area contributed by atoms with Crippen LogP contribution in [0.15, 0.2) is 47.1 Å². The van der Waals surface area contributed by atoms with Gasteiger partial charge >= 0.3 is 11.8 Å². The van der Waals surface area contributed by atoms with Crippen LogP contribution in [0.1, 0.15) is 22.2 Å². The first-order chi connectivity index (χ1) is 13.0. The lowest BCUT2D eigenvalue weighted by molar-refractivity contribution is 0.0958. The van der Waals surface area contributed by atoms with E-state index < -0.39 is 5.91 Å². The summed E-state index contributed by atoms with van der Waals surface area (Å²) in [5.74, 6) is -1.07. The van der Waals surface area contributed by atoms with Crippen molar-refractivity contribution in [2.24, 2.45) is 5.73 Å². The summed E-state index contributed by atoms with van der Waals surface area (Å²) in [6, 6.07) is 10.2. The van der Waals surface area contributed by atoms with Gasteiger partial charge in [0.15, 0.2) is 5.82 Å². The summed E-state index contributed by atoms with van der Waals surface area (Å²) in [7, 11) is 0. The number of carbonyl (C=O) groups excluding carboxylic acids is 1. The van der Waals surface area contributed by atoms with Crippen LogP contribution in [0, 0.1) is 5.82 Å². The number of imidazole rings is 1. The number of benzene rings is 1. The van der Waals surface area contributed by atoms with Gasteiger partial charge in [-0.05, 0) is 30.7 Å². The quantitative estimate of drug-likeness (QED) is 0.569. The minimum atomic E-state index is -0.785. The molecule has 1 aromatic carbocycles. The van der Waals surface area contributed by atoms with Crippen LogP contribution in [0.5, 0.6) is 0 Å². The molecule has 0 fully saturated rings. The molecule has 0 saturated heterocycles. The molecule has 3 heterocycles. The van der Waals surface area contributed by atoms with E-state index in [0.29, 0.717) is 35.0 Å². The highest BCUT2D eigenvalue weighted by molar-refractivity contribution is 6.30. The average molecular weight is 386 g/mol. The zero-order chi connectivity index (χ0) is 19.0. The molecule has 1 amide bonds. The second-order valence-corrected chi connectivity index (χ2v) is 6.31. The largest absolute Gasteiger partial charge is 0.361 e. The number of primary amides is 1. The van der Waals surface area contributed by atoms with Crippen molar-refractivity contribution in [3.8, 4) is 11.3 Å². The summed E-state index contributed by atoms with van der Waals surface area (Å²) in [5.41, 5.74) is 8.06. The number of nitrogens with two attached hydrogens (primary N) is 1. The average Bonchev–Trinajstić information content (AvgIpc) is 3.25. The third-order valence-corrected chi connectivity index (χ3v) is 4.32. The molecule has 7 nitrogen and oxygen atoms in total. The van der Waals surface area contributed by atoms with Gasteiger partial charge in [0.25, 0.3) is 0 Å². The monoisotopic (exact) mass is 385 g/mol. The van der Waals surface area contributed by atoms with Crippen LogP contribution >= 0.6 is 11.6 Å². The van der Waals surface area contributed by atoms with E-state index in [0.717, 1.165) is 11.3 Å². The second kappa shape index (κ2) is 6.81. The standard InChI is InChI=1S/C18H13ClFN5O2/c19-11-3-1-10(2-4-11)16-13(25-9-12(20)5-8-15(25)23-16)6-7-14-22-18(17(21)26)27-24-14/h1-5,8-9H,6-7H2,(H2,21,26). The van der Waals surface area contributed by atoms with Gasteiger partial charge in [0.1, 0.15) is 11.5 Å². The normalized spacial score (nSPS) is 11.2. The molecule has 0 aliphatic heterocycles. The van der Waals surface area contributed by atoms with Crippen LogP contribution in [-0.4, -0.2) is 25.4 Å². The maximum absolute atomic E-state index is 13.8. The fourth-order valence-corrected chi connectivity index (χ4v) is 2.96. The van der Waals surface area contributed by atoms with Gasteiger partial charge in [-0.15, -0.1) is 0 Å². The number of hydrogen-bond donors (Lipinski definition) is 1. The maximum atomic E-state index is 13.8. The molecule has 0 bridgehead atoms. The number of rotatable bonds is 5. The van der Waals surface area contributed by atoms with Crippen molar-refractivity contribution in [1.82, 2.24) is 19.5 Å². The Bertz CT molecular complexity index is 1140. The van der Waals surface area contributed by atoms with E-state index in [1.165, 1.54) is 12.3 Å². The van der Waals surface area contributed by atoms with Crippen molar-refractivity contribution in [3.63, 3.8) is 0 Å². The van der Waals surface area contributed by atoms with Gasteiger partial charge in [-0.25, -0.2) is 9.37 Å². The third-order valence-electron chi connectivity index (χ3n) is 4.06. The predicted octanol–water partition coefficient (Wildman–Crippen LogP) is 3.06. The van der Waals surface area contributed by atoms with E-state index in [-0.39, 0.29) is 11.7 Å². The number of halogens is 2. The molecular formula is C18H13ClFN5O2. The van der Waals surface area contributed by atoms with E-state index in [9.17, 15) is 9.18 Å². The molecule has 4 aromatic rings. The number of carbonyl (C=O) groups is 1. The molecule has 9 heteroatoms. The first-order valence-corrected chi connectivity index (χ1v) is 8.44. The van der Waals surface area contributed by atoms with E-state index in [2.05, 4.69) is 15.1 Å². The Morgan fingerprint density at radius 2 is 1.93 bits per heavy atom. The van der Waals surface area contributed by atoms with Gasteiger partial charge < -0.3 is 14.7 Å². The smallest absolute Gasteiger partial charge is 0.315 e. The Balaban J connectivity index is 1.74. The van der Waals surface area contributed by atoms with Crippen molar-refractivity contribution in [2.45, 2.75) is 12.8 Å². The molecule has 2 N–H and O–H groups in total. The van der Waals surface area contributed by atoms with E-state index in [4.69, 9.17) is 21.9 Å². The van der Waals surface area contributed by atoms with Crippen molar-refractivity contribution in [3.05, 3.63) is 70.8 Å². The fraction of sp³-hybridized carbons (Fsp3) is 0.111. The summed E-state index contributed by atoms with van der Waals surface area (Å²) in [6.07, 6.45) is 2.18. The number of aryl methyl sites for hydroxylation is 2. The van der Waals surface area contributed by atoms with Gasteiger partial charge in [0, 0.05) is 23.2 Å². The Kier molecular flexibility index (Phi) is 4.33. The molecular weight excluding hydrogens is 373 g/mol. The Hall–Kier alpha value is -3.26. The fourth-order valence-electron chi connectivity index (χ4n) is 2.83. The summed E-state index contributed by atoms with van der Waals surface area (Å²) in [4.78, 5) is 19.6. The number of pyridine rings is 1. The maximum Gasteiger partial charge on any atom is 0.315 e. The summed E-state index contributed by atoms with van der Waals surface area (Å²) in [5, 5.41) is 4.35. The van der Waals surface area contributed by atoms with E-state index in [1.54, 1.807) is 22.6 Å². The Labute approximate surface area is 157 Å². The molecule has 3 aromatic heterocycles. The molecule has 0 radical (unpaired) electrons. The molecule has 0 aliphatic carbocycles. The lowest BCUT2D eigenvalue weighted by Gasteiger charge is -2.04. The summed E-state index contributed by atoms with van der Waals surface area (Å²) in [6.45, 7) is 0. The summed E-state index contributed by atoms with van der Waals surface area (Å²) >= 11 is 5.97. The number of fused-ring (bicyclic) bond motifs is 1. The lowest BCUT2D eigenvalue weighted by atomic mass is 10.1. The van der Waals surface area contributed by atoms with Crippen LogP contribution in [0.4, 0.5) is 4.39 Å². The minimum absolute atomic E-state index is 0.243. The summed E-state index contributed by atoms with van der Waals surface area (Å²) < 4.78 is 20.3. The van der Waals surface area contributed by atoms with Crippen LogP contribution in [0.2, 0.25) is 5.02 Å². The highest BCUT2D eigenvalue weighted by Gasteiger charge is 2.17. The molecule has 27 heavy (non-hydrogen) atoms. The zero-order valence-electron chi connectivity index (χ0n) is 13.9. The van der Waals surface area contributed by atoms with Crippen molar-refractivity contribution >= 4 is 23.2 Å². The van der Waals surface area contributed by atoms with Crippen LogP contribution in [0.25, 0.3) is 16.9 Å². The molecule has 0 atom stereocenters. The van der Waals surface area contributed by atoms with Gasteiger partial charge in [0.05, 0.1) is 11.4 Å². The van der Waals surface area contributed by atoms with Gasteiger partial charge in [-0.1, -0.05) is 28.9 Å². The Morgan fingerprint density at radius 3 is 2.63 bits per heavy atom.